The molecule has 1 saturated heterocycles. The second kappa shape index (κ2) is 3.89. The Morgan fingerprint density at radius 1 is 1.29 bits per heavy atom. The van der Waals surface area contributed by atoms with Gasteiger partial charge in [-0.15, -0.1) is 11.8 Å². The van der Waals surface area contributed by atoms with Gasteiger partial charge in [0, 0.05) is 5.39 Å². The van der Waals surface area contributed by atoms with Crippen molar-refractivity contribution in [2.75, 3.05) is 5.75 Å². The predicted molar refractivity (Wildman–Crippen MR) is 64.4 cm³/mol. The molecule has 2 heterocycles. The molecule has 0 spiro atoms. The van der Waals surface area contributed by atoms with Crippen LogP contribution in [0, 0.1) is 0 Å². The first-order valence-corrected chi connectivity index (χ1v) is 6.19. The average molecular weight is 247 g/mol. The number of H-pyrrole nitrogens is 1. The number of benzene rings is 1. The molecule has 0 radical (unpaired) electrons. The van der Waals surface area contributed by atoms with Gasteiger partial charge in [0.25, 0.3) is 0 Å². The van der Waals surface area contributed by atoms with E-state index in [9.17, 15) is 9.59 Å². The summed E-state index contributed by atoms with van der Waals surface area (Å²) in [6.45, 7) is 0. The maximum Gasteiger partial charge on any atom is 0.245 e. The summed E-state index contributed by atoms with van der Waals surface area (Å²) in [5, 5.41) is 9.90. The van der Waals surface area contributed by atoms with Crippen LogP contribution in [0.2, 0.25) is 0 Å². The van der Waals surface area contributed by atoms with E-state index in [1.54, 1.807) is 0 Å². The highest BCUT2D eigenvalue weighted by molar-refractivity contribution is 8.01. The number of imide groups is 1. The number of thioether (sulfide) groups is 1. The molecule has 6 heteroatoms. The highest BCUT2D eigenvalue weighted by Gasteiger charge is 2.31. The zero-order chi connectivity index (χ0) is 11.8. The molecular weight excluding hydrogens is 238 g/mol. The zero-order valence-corrected chi connectivity index (χ0v) is 9.58. The van der Waals surface area contributed by atoms with Crippen LogP contribution in [-0.2, 0) is 9.59 Å². The van der Waals surface area contributed by atoms with Crippen molar-refractivity contribution in [3.8, 4) is 0 Å². The number of carbonyl (C=O) groups is 2. The molecule has 2 aromatic rings. The van der Waals surface area contributed by atoms with E-state index in [2.05, 4.69) is 15.5 Å². The molecule has 3 rings (SSSR count). The smallest absolute Gasteiger partial charge is 0.245 e. The number of para-hydroxylation sites is 1. The molecule has 1 atom stereocenters. The van der Waals surface area contributed by atoms with E-state index in [0.29, 0.717) is 5.75 Å². The fourth-order valence-electron chi connectivity index (χ4n) is 1.87. The Hall–Kier alpha value is -1.82. The predicted octanol–water partition coefficient (Wildman–Crippen LogP) is 0.994. The molecular formula is C11H9N3O2S. The topological polar surface area (TPSA) is 74.8 Å². The third-order valence-electron chi connectivity index (χ3n) is 2.64. The number of carbonyl (C=O) groups excluding carboxylic acids is 2. The van der Waals surface area contributed by atoms with Gasteiger partial charge in [0.1, 0.15) is 5.25 Å². The van der Waals surface area contributed by atoms with Gasteiger partial charge >= 0.3 is 0 Å². The molecule has 0 bridgehead atoms. The number of nitrogens with zero attached hydrogens (tertiary/aromatic N) is 1. The number of aromatic amines is 1. The number of nitrogens with one attached hydrogen (secondary N) is 2. The summed E-state index contributed by atoms with van der Waals surface area (Å²) in [5.74, 6) is -0.218. The molecule has 1 aromatic heterocycles. The number of amides is 2. The minimum absolute atomic E-state index is 0.236. The summed E-state index contributed by atoms with van der Waals surface area (Å²) in [5.41, 5.74) is 1.59. The van der Waals surface area contributed by atoms with Crippen molar-refractivity contribution >= 4 is 34.5 Å². The molecule has 1 aromatic carbocycles. The Labute approximate surface area is 101 Å². The van der Waals surface area contributed by atoms with Crippen LogP contribution in [0.5, 0.6) is 0 Å². The number of hydrogen-bond acceptors (Lipinski definition) is 4. The van der Waals surface area contributed by atoms with Crippen molar-refractivity contribution in [3.63, 3.8) is 0 Å². The van der Waals surface area contributed by atoms with Crippen LogP contribution in [0.25, 0.3) is 10.9 Å². The number of aromatic nitrogens is 2. The first-order chi connectivity index (χ1) is 8.25. The first-order valence-electron chi connectivity index (χ1n) is 5.14. The molecule has 1 fully saturated rings. The minimum Gasteiger partial charge on any atom is -0.294 e. The highest BCUT2D eigenvalue weighted by Crippen LogP contribution is 2.34. The maximum absolute atomic E-state index is 11.7. The summed E-state index contributed by atoms with van der Waals surface area (Å²) >= 11 is 1.32. The van der Waals surface area contributed by atoms with E-state index in [-0.39, 0.29) is 17.1 Å². The van der Waals surface area contributed by atoms with E-state index in [1.807, 2.05) is 24.3 Å². The Bertz CT molecular complexity index is 608. The average Bonchev–Trinajstić information content (AvgIpc) is 2.73. The number of rotatable bonds is 1. The van der Waals surface area contributed by atoms with E-state index in [0.717, 1.165) is 16.6 Å². The third kappa shape index (κ3) is 1.70. The van der Waals surface area contributed by atoms with Gasteiger partial charge in [-0.3, -0.25) is 20.0 Å². The molecule has 1 aliphatic rings. The maximum atomic E-state index is 11.7. The summed E-state index contributed by atoms with van der Waals surface area (Å²) in [6, 6.07) is 7.59. The van der Waals surface area contributed by atoms with Crippen molar-refractivity contribution in [1.29, 1.82) is 0 Å². The molecule has 5 nitrogen and oxygen atoms in total. The van der Waals surface area contributed by atoms with Crippen LogP contribution in [0.1, 0.15) is 10.9 Å². The Morgan fingerprint density at radius 2 is 2.12 bits per heavy atom. The van der Waals surface area contributed by atoms with E-state index in [4.69, 9.17) is 0 Å². The number of fused-ring (bicyclic) bond motifs is 1. The lowest BCUT2D eigenvalue weighted by atomic mass is 10.1. The molecule has 1 unspecified atom stereocenters. The molecule has 1 aliphatic heterocycles. The van der Waals surface area contributed by atoms with Crippen LogP contribution < -0.4 is 5.32 Å². The van der Waals surface area contributed by atoms with Gasteiger partial charge in [-0.1, -0.05) is 18.2 Å². The Balaban J connectivity index is 2.04. The van der Waals surface area contributed by atoms with Gasteiger partial charge in [-0.05, 0) is 6.07 Å². The zero-order valence-electron chi connectivity index (χ0n) is 8.77. The largest absolute Gasteiger partial charge is 0.294 e. The van der Waals surface area contributed by atoms with Gasteiger partial charge in [-0.25, -0.2) is 0 Å². The van der Waals surface area contributed by atoms with Crippen LogP contribution >= 0.6 is 11.8 Å². The van der Waals surface area contributed by atoms with Crippen molar-refractivity contribution in [3.05, 3.63) is 30.0 Å². The molecule has 17 heavy (non-hydrogen) atoms. The van der Waals surface area contributed by atoms with Crippen LogP contribution in [-0.4, -0.2) is 27.8 Å². The van der Waals surface area contributed by atoms with Crippen LogP contribution in [0.15, 0.2) is 24.3 Å². The Kier molecular flexibility index (Phi) is 2.36. The van der Waals surface area contributed by atoms with Crippen molar-refractivity contribution in [1.82, 2.24) is 15.5 Å². The summed E-state index contributed by atoms with van der Waals surface area (Å²) < 4.78 is 0. The number of hydrogen-bond donors (Lipinski definition) is 2. The van der Waals surface area contributed by atoms with Gasteiger partial charge in [-0.2, -0.15) is 5.10 Å². The van der Waals surface area contributed by atoms with Crippen LogP contribution in [0.3, 0.4) is 0 Å². The van der Waals surface area contributed by atoms with Crippen molar-refractivity contribution in [2.24, 2.45) is 0 Å². The van der Waals surface area contributed by atoms with Gasteiger partial charge in [0.05, 0.1) is 17.0 Å². The van der Waals surface area contributed by atoms with E-state index >= 15 is 0 Å². The van der Waals surface area contributed by atoms with Crippen molar-refractivity contribution in [2.45, 2.75) is 5.25 Å². The van der Waals surface area contributed by atoms with Gasteiger partial charge < -0.3 is 0 Å². The molecule has 2 N–H and O–H groups in total. The van der Waals surface area contributed by atoms with Crippen LogP contribution in [0.4, 0.5) is 0 Å². The van der Waals surface area contributed by atoms with Gasteiger partial charge in [0.15, 0.2) is 0 Å². The van der Waals surface area contributed by atoms with Crippen molar-refractivity contribution < 1.29 is 9.59 Å². The summed E-state index contributed by atoms with van der Waals surface area (Å²) in [4.78, 5) is 22.8. The second-order valence-corrected chi connectivity index (χ2v) is 4.85. The first kappa shape index (κ1) is 10.3. The molecule has 86 valence electrons. The lowest BCUT2D eigenvalue weighted by Crippen LogP contribution is -2.39. The third-order valence-corrected chi connectivity index (χ3v) is 3.85. The standard InChI is InChI=1S/C11H9N3O2S/c15-8-5-17-10(11(16)12-8)9-6-3-1-2-4-7(6)13-14-9/h1-4,10H,5H2,(H,13,14)(H,12,15,16). The summed E-state index contributed by atoms with van der Waals surface area (Å²) in [7, 11) is 0. The summed E-state index contributed by atoms with van der Waals surface area (Å²) in [6.07, 6.45) is 0. The second-order valence-electron chi connectivity index (χ2n) is 3.76. The fourth-order valence-corrected chi connectivity index (χ4v) is 2.81. The molecule has 2 amide bonds. The Morgan fingerprint density at radius 3 is 2.94 bits per heavy atom. The molecule has 0 saturated carbocycles. The normalized spacial score (nSPS) is 20.6. The van der Waals surface area contributed by atoms with E-state index in [1.165, 1.54) is 11.8 Å². The lowest BCUT2D eigenvalue weighted by molar-refractivity contribution is -0.129. The van der Waals surface area contributed by atoms with E-state index < -0.39 is 0 Å². The SMILES string of the molecule is O=C1CSC(c2[nH]nc3ccccc23)C(=O)N1. The fraction of sp³-hybridized carbons (Fsp3) is 0.182. The molecule has 0 aliphatic carbocycles. The highest BCUT2D eigenvalue weighted by atomic mass is 32.2. The quantitative estimate of drug-likeness (QED) is 0.737. The monoisotopic (exact) mass is 247 g/mol. The minimum atomic E-state index is -0.389. The lowest BCUT2D eigenvalue weighted by Gasteiger charge is -2.19. The van der Waals surface area contributed by atoms with Gasteiger partial charge in [0.2, 0.25) is 11.8 Å².